The predicted molar refractivity (Wildman–Crippen MR) is 295 cm³/mol. The van der Waals surface area contributed by atoms with Crippen molar-refractivity contribution in [2.45, 2.75) is 159 Å². The molecular formula is C59H79N5O11S. The molecule has 2 heterocycles. The lowest BCUT2D eigenvalue weighted by molar-refractivity contribution is -0.384. The van der Waals surface area contributed by atoms with Crippen LogP contribution in [0.25, 0.3) is 10.9 Å². The van der Waals surface area contributed by atoms with Crippen molar-refractivity contribution in [2.75, 3.05) is 32.9 Å². The SMILES string of the molecule is C=CCO[C@@]12Oc3ccc(OC(=O)NCCCCCCCCCCCC)cc3[C@H]3[C@H](CCCCO)[C@@H](CCCCO)C=C(C(=NOCc4ccc([N+](=O)[O-])cc4)C[C@@H]1N(CCC)S(=O)(=O)c1cccc4cccnc14)[C@H]32. The van der Waals surface area contributed by atoms with Gasteiger partial charge in [0.05, 0.1) is 34.7 Å². The highest BCUT2D eigenvalue weighted by Gasteiger charge is 2.66. The second kappa shape index (κ2) is 28.6. The minimum absolute atomic E-state index is 0.00182. The summed E-state index contributed by atoms with van der Waals surface area (Å²) in [5.41, 5.74) is 2.90. The van der Waals surface area contributed by atoms with E-state index in [2.05, 4.69) is 29.9 Å². The highest BCUT2D eigenvalue weighted by Crippen LogP contribution is 2.62. The number of hydrogen-bond acceptors (Lipinski definition) is 13. The summed E-state index contributed by atoms with van der Waals surface area (Å²) in [7, 11) is -4.40. The Morgan fingerprint density at radius 3 is 2.33 bits per heavy atom. The van der Waals surface area contributed by atoms with Gasteiger partial charge in [-0.05, 0) is 104 Å². The average molecular weight is 1070 g/mol. The number of allylic oxidation sites excluding steroid dienone is 1. The molecule has 0 bridgehead atoms. The number of nitrogens with one attached hydrogen (secondary N) is 1. The summed E-state index contributed by atoms with van der Waals surface area (Å²) in [4.78, 5) is 35.3. The summed E-state index contributed by atoms with van der Waals surface area (Å²) in [5.74, 6) is -2.33. The summed E-state index contributed by atoms with van der Waals surface area (Å²) in [5, 5.41) is 40.1. The number of nitro benzene ring substituents is 1. The van der Waals surface area contributed by atoms with Gasteiger partial charge >= 0.3 is 6.09 Å². The lowest BCUT2D eigenvalue weighted by Crippen LogP contribution is -2.70. The lowest BCUT2D eigenvalue weighted by Gasteiger charge is -2.59. The molecule has 412 valence electrons. The van der Waals surface area contributed by atoms with Gasteiger partial charge < -0.3 is 34.6 Å². The van der Waals surface area contributed by atoms with Crippen LogP contribution >= 0.6 is 0 Å². The van der Waals surface area contributed by atoms with E-state index < -0.39 is 44.7 Å². The van der Waals surface area contributed by atoms with E-state index in [0.29, 0.717) is 78.7 Å². The zero-order chi connectivity index (χ0) is 53.9. The number of unbranched alkanes of at least 4 members (excludes halogenated alkanes) is 11. The molecule has 0 radical (unpaired) electrons. The number of para-hydroxylation sites is 1. The lowest BCUT2D eigenvalue weighted by atomic mass is 9.55. The van der Waals surface area contributed by atoms with Gasteiger partial charge in [-0.25, -0.2) is 13.2 Å². The zero-order valence-corrected chi connectivity index (χ0v) is 45.3. The Hall–Kier alpha value is -5.72. The van der Waals surface area contributed by atoms with Crippen molar-refractivity contribution in [3.63, 3.8) is 0 Å². The van der Waals surface area contributed by atoms with Crippen LogP contribution in [0.5, 0.6) is 11.5 Å². The van der Waals surface area contributed by atoms with Gasteiger partial charge in [0.25, 0.3) is 5.69 Å². The number of rotatable bonds is 32. The van der Waals surface area contributed by atoms with Crippen LogP contribution < -0.4 is 14.8 Å². The Kier molecular flexibility index (Phi) is 21.8. The number of nitrogens with zero attached hydrogens (tertiary/aromatic N) is 4. The molecule has 1 fully saturated rings. The number of nitro groups is 1. The van der Waals surface area contributed by atoms with Crippen molar-refractivity contribution in [3.8, 4) is 11.5 Å². The van der Waals surface area contributed by atoms with E-state index >= 15 is 8.42 Å². The summed E-state index contributed by atoms with van der Waals surface area (Å²) < 4.78 is 53.4. The predicted octanol–water partition coefficient (Wildman–Crippen LogP) is 12.1. The number of aliphatic hydroxyl groups is 2. The third-order valence-corrected chi connectivity index (χ3v) is 17.1. The van der Waals surface area contributed by atoms with Crippen molar-refractivity contribution in [1.82, 2.24) is 14.6 Å². The van der Waals surface area contributed by atoms with Gasteiger partial charge in [-0.3, -0.25) is 15.1 Å². The Morgan fingerprint density at radius 2 is 1.63 bits per heavy atom. The molecular weight excluding hydrogens is 987 g/mol. The normalized spacial score (nSPS) is 21.4. The van der Waals surface area contributed by atoms with Crippen LogP contribution in [-0.2, 0) is 26.2 Å². The topological polar surface area (TPSA) is 212 Å². The number of hydrogen-bond donors (Lipinski definition) is 3. The van der Waals surface area contributed by atoms with Crippen LogP contribution in [0.2, 0.25) is 0 Å². The number of aliphatic hydroxyl groups excluding tert-OH is 2. The minimum atomic E-state index is -4.40. The third kappa shape index (κ3) is 14.1. The fourth-order valence-electron chi connectivity index (χ4n) is 11.6. The van der Waals surface area contributed by atoms with E-state index in [1.54, 1.807) is 54.7 Å². The zero-order valence-electron chi connectivity index (χ0n) is 44.5. The Balaban J connectivity index is 1.32. The maximum absolute atomic E-state index is 15.7. The summed E-state index contributed by atoms with van der Waals surface area (Å²) in [6.07, 6.45) is 21.0. The van der Waals surface area contributed by atoms with Crippen molar-refractivity contribution >= 4 is 38.4 Å². The molecule has 3 aromatic carbocycles. The van der Waals surface area contributed by atoms with E-state index in [0.717, 1.165) is 36.8 Å². The van der Waals surface area contributed by atoms with Gasteiger partial charge in [0, 0.05) is 67.9 Å². The molecule has 4 aromatic rings. The van der Waals surface area contributed by atoms with Gasteiger partial charge in [-0.15, -0.1) is 6.58 Å². The van der Waals surface area contributed by atoms with Crippen LogP contribution in [0.15, 0.2) is 113 Å². The molecule has 7 rings (SSSR count). The molecule has 1 aromatic heterocycles. The fraction of sp³-hybridized carbons (Fsp3) is 0.542. The van der Waals surface area contributed by atoms with Crippen LogP contribution in [0.4, 0.5) is 10.5 Å². The molecule has 3 N–H and O–H groups in total. The molecule has 2 aliphatic carbocycles. The summed E-state index contributed by atoms with van der Waals surface area (Å²) in [6, 6.07) is 19.0. The average Bonchev–Trinajstić information content (AvgIpc) is 3.42. The number of sulfonamides is 1. The van der Waals surface area contributed by atoms with Crippen LogP contribution in [0.3, 0.4) is 0 Å². The quantitative estimate of drug-likeness (QED) is 0.0180. The van der Waals surface area contributed by atoms with Crippen molar-refractivity contribution in [3.05, 3.63) is 125 Å². The molecule has 0 unspecified atom stereocenters. The summed E-state index contributed by atoms with van der Waals surface area (Å²) in [6.45, 7) is 8.73. The van der Waals surface area contributed by atoms with E-state index in [1.807, 2.05) is 25.1 Å². The smallest absolute Gasteiger partial charge is 0.412 e. The molecule has 16 nitrogen and oxygen atoms in total. The number of carbonyl (C=O) groups is 1. The second-order valence-corrected chi connectivity index (χ2v) is 22.3. The van der Waals surface area contributed by atoms with Crippen molar-refractivity contribution in [1.29, 1.82) is 0 Å². The Bertz CT molecular complexity index is 2710. The summed E-state index contributed by atoms with van der Waals surface area (Å²) >= 11 is 0. The first-order chi connectivity index (χ1) is 37.0. The molecule has 1 saturated carbocycles. The molecule has 17 heteroatoms. The molecule has 0 saturated heterocycles. The van der Waals surface area contributed by atoms with E-state index in [9.17, 15) is 25.1 Å². The van der Waals surface area contributed by atoms with Gasteiger partial charge in [0.15, 0.2) is 0 Å². The number of pyridine rings is 1. The Morgan fingerprint density at radius 1 is 0.921 bits per heavy atom. The van der Waals surface area contributed by atoms with Crippen LogP contribution in [-0.4, -0.2) is 89.4 Å². The number of ether oxygens (including phenoxy) is 3. The standard InChI is InChI=1S/C59H79N5O11S/c1-4-7-8-9-10-11-12-13-14-17-33-61-58(67)74-47-31-32-52-50(40-47)55-48(25-16-19-37-66)45(22-15-18-36-65)39-49-51(62-73-42-43-27-29-46(30-28-43)64(68)69)41-54(59(75-52,56(49)55)72-38-6-3)63(35-5-2)76(70,71)53-26-20-23-44-24-21-34-60-57(44)53/h6,20-21,23-24,26-32,34,39-40,45,48,54-56,65-66H,3-5,7-19,22,25,33,35-38,41-42H2,1-2H3,(H,61,67)/t45-,48+,54-,55+,56+,59+/m0/s1. The molecule has 1 amide bonds. The number of aromatic nitrogens is 1. The van der Waals surface area contributed by atoms with Gasteiger partial charge in [-0.2, -0.15) is 4.31 Å². The van der Waals surface area contributed by atoms with Crippen molar-refractivity contribution in [2.24, 2.45) is 22.9 Å². The van der Waals surface area contributed by atoms with E-state index in [1.165, 1.54) is 61.4 Å². The highest BCUT2D eigenvalue weighted by atomic mass is 32.2. The molecule has 3 aliphatic rings. The number of benzene rings is 3. The molecule has 6 atom stereocenters. The molecule has 1 aliphatic heterocycles. The number of amides is 1. The second-order valence-electron chi connectivity index (χ2n) is 20.4. The first kappa shape index (κ1) is 58.0. The Labute approximate surface area is 449 Å². The molecule has 76 heavy (non-hydrogen) atoms. The van der Waals surface area contributed by atoms with Crippen LogP contribution in [0.1, 0.15) is 146 Å². The first-order valence-corrected chi connectivity index (χ1v) is 29.2. The fourth-order valence-corrected chi connectivity index (χ4v) is 13.5. The van der Waals surface area contributed by atoms with Gasteiger partial charge in [-0.1, -0.05) is 120 Å². The number of oxime groups is 1. The first-order valence-electron chi connectivity index (χ1n) is 27.8. The number of carbonyl (C=O) groups excluding carboxylic acids is 1. The largest absolute Gasteiger partial charge is 0.460 e. The van der Waals surface area contributed by atoms with E-state index in [4.69, 9.17) is 24.2 Å². The number of non-ortho nitro benzene ring substituents is 1. The monoisotopic (exact) mass is 1070 g/mol. The number of fused-ring (bicyclic) bond motifs is 3. The minimum Gasteiger partial charge on any atom is -0.460 e. The maximum Gasteiger partial charge on any atom is 0.412 e. The van der Waals surface area contributed by atoms with Crippen molar-refractivity contribution < 1.29 is 47.4 Å². The van der Waals surface area contributed by atoms with Gasteiger partial charge in [0.1, 0.15) is 23.0 Å². The highest BCUT2D eigenvalue weighted by molar-refractivity contribution is 7.89. The molecule has 0 spiro atoms. The van der Waals surface area contributed by atoms with Gasteiger partial charge in [0.2, 0.25) is 15.8 Å². The third-order valence-electron chi connectivity index (χ3n) is 15.2. The van der Waals surface area contributed by atoms with E-state index in [-0.39, 0.29) is 61.8 Å². The maximum atomic E-state index is 15.7. The van der Waals surface area contributed by atoms with Crippen LogP contribution in [0, 0.1) is 27.9 Å².